The van der Waals surface area contributed by atoms with Crippen LogP contribution in [0.25, 0.3) is 0 Å². The van der Waals surface area contributed by atoms with Gasteiger partial charge in [-0.15, -0.1) is 0 Å². The Kier molecular flexibility index (Phi) is 10.6. The van der Waals surface area contributed by atoms with Crippen LogP contribution in [0.4, 0.5) is 21.0 Å². The van der Waals surface area contributed by atoms with E-state index in [1.165, 1.54) is 19.3 Å². The molecule has 0 unspecified atom stereocenters. The molecule has 12 heteroatoms. The largest absolute Gasteiger partial charge is 0.342 e. The second-order valence-corrected chi connectivity index (χ2v) is 14.0. The van der Waals surface area contributed by atoms with Gasteiger partial charge in [0.1, 0.15) is 6.04 Å². The predicted molar refractivity (Wildman–Crippen MR) is 185 cm³/mol. The second-order valence-electron chi connectivity index (χ2n) is 12.8. The zero-order valence-electron chi connectivity index (χ0n) is 26.3. The van der Waals surface area contributed by atoms with Crippen molar-refractivity contribution in [3.8, 4) is 0 Å². The van der Waals surface area contributed by atoms with Crippen LogP contribution in [-0.4, -0.2) is 101 Å². The van der Waals surface area contributed by atoms with E-state index in [0.29, 0.717) is 57.3 Å². The van der Waals surface area contributed by atoms with E-state index in [0.717, 1.165) is 40.8 Å². The van der Waals surface area contributed by atoms with Crippen LogP contribution < -0.4 is 16.0 Å². The Hall–Kier alpha value is -3.39. The third-order valence-electron chi connectivity index (χ3n) is 9.91. The van der Waals surface area contributed by atoms with Crippen molar-refractivity contribution < 1.29 is 19.2 Å². The Morgan fingerprint density at radius 2 is 1.48 bits per heavy atom. The molecule has 0 radical (unpaired) electrons. The minimum absolute atomic E-state index is 0.0216. The van der Waals surface area contributed by atoms with Gasteiger partial charge in [-0.1, -0.05) is 36.8 Å². The molecule has 1 atom stereocenters. The fourth-order valence-electron chi connectivity index (χ4n) is 7.28. The molecule has 0 bridgehead atoms. The topological polar surface area (TPSA) is 117 Å². The number of benzene rings is 2. The third-order valence-corrected chi connectivity index (χ3v) is 10.8. The first-order valence-corrected chi connectivity index (χ1v) is 17.7. The molecule has 246 valence electrons. The number of halogens is 1. The highest BCUT2D eigenvalue weighted by Crippen LogP contribution is 2.28. The van der Waals surface area contributed by atoms with E-state index in [1.54, 1.807) is 11.0 Å². The molecule has 4 aliphatic heterocycles. The van der Waals surface area contributed by atoms with Crippen LogP contribution in [0.3, 0.4) is 0 Å². The summed E-state index contributed by atoms with van der Waals surface area (Å²) < 4.78 is 0.878. The van der Waals surface area contributed by atoms with Crippen molar-refractivity contribution in [2.24, 2.45) is 0 Å². The van der Waals surface area contributed by atoms with Crippen molar-refractivity contribution in [3.63, 3.8) is 0 Å². The molecule has 0 aliphatic carbocycles. The van der Waals surface area contributed by atoms with Crippen LogP contribution in [0.5, 0.6) is 0 Å². The van der Waals surface area contributed by atoms with E-state index in [9.17, 15) is 19.2 Å². The van der Waals surface area contributed by atoms with E-state index in [1.807, 2.05) is 52.3 Å². The summed E-state index contributed by atoms with van der Waals surface area (Å²) in [6.07, 6.45) is 6.78. The Labute approximate surface area is 284 Å². The number of nitrogens with one attached hydrogen (secondary N) is 3. The fourth-order valence-corrected chi connectivity index (χ4v) is 7.80. The predicted octanol–water partition coefficient (Wildman–Crippen LogP) is 4.69. The van der Waals surface area contributed by atoms with Crippen molar-refractivity contribution in [2.45, 2.75) is 76.0 Å². The lowest BCUT2D eigenvalue weighted by molar-refractivity contribution is -0.140. The highest BCUT2D eigenvalue weighted by molar-refractivity contribution is 14.1. The summed E-state index contributed by atoms with van der Waals surface area (Å²) in [6, 6.07) is 14.2. The summed E-state index contributed by atoms with van der Waals surface area (Å²) in [4.78, 5) is 61.6. The van der Waals surface area contributed by atoms with Crippen molar-refractivity contribution >= 4 is 57.8 Å². The molecule has 11 nitrogen and oxygen atoms in total. The molecule has 2 aromatic carbocycles. The molecule has 4 aliphatic rings. The minimum Gasteiger partial charge on any atom is -0.342 e. The highest BCUT2D eigenvalue weighted by atomic mass is 127. The molecule has 2 aromatic rings. The number of piperidine rings is 3. The number of hydrogen-bond donors (Lipinski definition) is 3. The van der Waals surface area contributed by atoms with Gasteiger partial charge in [0.05, 0.1) is 12.1 Å². The molecule has 3 fully saturated rings. The van der Waals surface area contributed by atoms with Crippen LogP contribution in [0.15, 0.2) is 48.5 Å². The van der Waals surface area contributed by atoms with Gasteiger partial charge < -0.3 is 35.6 Å². The van der Waals surface area contributed by atoms with E-state index in [2.05, 4.69) is 43.4 Å². The molecule has 0 saturated carbocycles. The van der Waals surface area contributed by atoms with Crippen LogP contribution in [-0.2, 0) is 16.1 Å². The number of rotatable bonds is 7. The maximum Gasteiger partial charge on any atom is 0.322 e. The van der Waals surface area contributed by atoms with Gasteiger partial charge >= 0.3 is 12.1 Å². The number of fused-ring (bicyclic) bond motifs is 1. The smallest absolute Gasteiger partial charge is 0.322 e. The standard InChI is InChI=1S/C34H44IN7O4/c35-27-9-3-5-11-29(27)36-33(45)37-30(32(44)41-20-12-25(13-21-41)39-16-6-1-7-17-39)22-31(43)40-18-14-26(15-19-40)42-23-24-8-2-4-10-28(24)38-34(42)46/h2-5,8-11,25-26,30H,1,6-7,12-23H2,(H,38,46)(H2,36,37,45)/t30-/m0/s1. The van der Waals surface area contributed by atoms with Gasteiger partial charge in [-0.2, -0.15) is 0 Å². The number of anilines is 2. The van der Waals surface area contributed by atoms with Crippen LogP contribution >= 0.6 is 22.6 Å². The summed E-state index contributed by atoms with van der Waals surface area (Å²) in [5.41, 5.74) is 2.57. The lowest BCUT2D eigenvalue weighted by Crippen LogP contribution is -2.56. The maximum atomic E-state index is 13.9. The van der Waals surface area contributed by atoms with Gasteiger partial charge in [-0.25, -0.2) is 9.59 Å². The average molecular weight is 742 g/mol. The molecule has 0 spiro atoms. The molecule has 3 N–H and O–H groups in total. The Morgan fingerprint density at radius 3 is 2.22 bits per heavy atom. The van der Waals surface area contributed by atoms with Crippen molar-refractivity contribution in [1.82, 2.24) is 24.9 Å². The highest BCUT2D eigenvalue weighted by Gasteiger charge is 2.36. The Bertz CT molecular complexity index is 1420. The molecular weight excluding hydrogens is 697 g/mol. The SMILES string of the molecule is O=C(Nc1ccccc1I)N[C@@H](CC(=O)N1CCC(N2Cc3ccccc3NC2=O)CC1)C(=O)N1CCC(N2CCCCC2)CC1. The third kappa shape index (κ3) is 7.76. The average Bonchev–Trinajstić information content (AvgIpc) is 3.09. The quantitative estimate of drug-likeness (QED) is 0.357. The van der Waals surface area contributed by atoms with Crippen LogP contribution in [0, 0.1) is 3.57 Å². The monoisotopic (exact) mass is 741 g/mol. The number of urea groups is 2. The van der Waals surface area contributed by atoms with Gasteiger partial charge in [0.2, 0.25) is 11.8 Å². The lowest BCUT2D eigenvalue weighted by atomic mass is 9.98. The van der Waals surface area contributed by atoms with E-state index >= 15 is 0 Å². The summed E-state index contributed by atoms with van der Waals surface area (Å²) in [5, 5.41) is 8.68. The number of para-hydroxylation sites is 2. The number of likely N-dealkylation sites (tertiary alicyclic amines) is 3. The molecule has 3 saturated heterocycles. The summed E-state index contributed by atoms with van der Waals surface area (Å²) in [5.74, 6) is -0.370. The summed E-state index contributed by atoms with van der Waals surface area (Å²) in [6.45, 7) is 5.03. The normalized spacial score (nSPS) is 20.5. The molecule has 4 heterocycles. The van der Waals surface area contributed by atoms with Crippen molar-refractivity contribution in [2.75, 3.05) is 49.9 Å². The zero-order valence-corrected chi connectivity index (χ0v) is 28.4. The zero-order chi connectivity index (χ0) is 32.0. The van der Waals surface area contributed by atoms with Gasteiger partial charge in [-0.05, 0) is 98.0 Å². The summed E-state index contributed by atoms with van der Waals surface area (Å²) in [7, 11) is 0. The first-order chi connectivity index (χ1) is 22.4. The van der Waals surface area contributed by atoms with Gasteiger partial charge in [-0.3, -0.25) is 9.59 Å². The van der Waals surface area contributed by atoms with Crippen molar-refractivity contribution in [1.29, 1.82) is 0 Å². The lowest BCUT2D eigenvalue weighted by Gasteiger charge is -2.41. The number of amides is 6. The van der Waals surface area contributed by atoms with Gasteiger partial charge in [0, 0.05) is 54.1 Å². The molecule has 46 heavy (non-hydrogen) atoms. The van der Waals surface area contributed by atoms with Gasteiger partial charge in [0.25, 0.3) is 0 Å². The Balaban J connectivity index is 1.07. The van der Waals surface area contributed by atoms with Crippen LogP contribution in [0.1, 0.15) is 56.9 Å². The van der Waals surface area contributed by atoms with Gasteiger partial charge in [0.15, 0.2) is 0 Å². The molecule has 0 aromatic heterocycles. The maximum absolute atomic E-state index is 13.9. The number of nitrogens with zero attached hydrogens (tertiary/aromatic N) is 4. The second kappa shape index (κ2) is 15.0. The number of hydrogen-bond acceptors (Lipinski definition) is 5. The Morgan fingerprint density at radius 1 is 0.826 bits per heavy atom. The van der Waals surface area contributed by atoms with E-state index in [4.69, 9.17) is 0 Å². The first-order valence-electron chi connectivity index (χ1n) is 16.6. The van der Waals surface area contributed by atoms with Crippen molar-refractivity contribution in [3.05, 3.63) is 57.7 Å². The fraction of sp³-hybridized carbons (Fsp3) is 0.529. The summed E-state index contributed by atoms with van der Waals surface area (Å²) >= 11 is 2.15. The molecular formula is C34H44IN7O4. The number of carbonyl (C=O) groups excluding carboxylic acids is 4. The van der Waals surface area contributed by atoms with E-state index in [-0.39, 0.29) is 30.3 Å². The molecule has 6 rings (SSSR count). The van der Waals surface area contributed by atoms with Crippen LogP contribution in [0.2, 0.25) is 0 Å². The number of carbonyl (C=O) groups is 4. The first kappa shape index (κ1) is 32.5. The van der Waals surface area contributed by atoms with E-state index < -0.39 is 12.1 Å². The molecule has 6 amide bonds. The minimum atomic E-state index is -0.970.